The molecule has 2 aliphatic heterocycles. The van der Waals surface area contributed by atoms with E-state index in [9.17, 15) is 0 Å². The van der Waals surface area contributed by atoms with Crippen molar-refractivity contribution in [2.45, 2.75) is 55.4 Å². The van der Waals surface area contributed by atoms with Gasteiger partial charge in [-0.1, -0.05) is 24.3 Å². The third-order valence-corrected chi connectivity index (χ3v) is 14.2. The normalized spacial score (nSPS) is 12.3. The van der Waals surface area contributed by atoms with E-state index in [0.717, 1.165) is 90.4 Å². The first kappa shape index (κ1) is 41.7. The van der Waals surface area contributed by atoms with Gasteiger partial charge in [0.1, 0.15) is 45.6 Å². The summed E-state index contributed by atoms with van der Waals surface area (Å²) in [5.74, 6) is 4.11. The van der Waals surface area contributed by atoms with Crippen molar-refractivity contribution in [1.82, 2.24) is 38.2 Å². The first-order valence-electron chi connectivity index (χ1n) is 20.6. The summed E-state index contributed by atoms with van der Waals surface area (Å²) in [6, 6.07) is 8.59. The predicted octanol–water partition coefficient (Wildman–Crippen LogP) is 5.70. The average molecular weight is 856 g/mol. The topological polar surface area (TPSA) is 89.2 Å². The number of aromatic nitrogens is 12. The Bertz CT molecular complexity index is 2750. The van der Waals surface area contributed by atoms with Gasteiger partial charge in [-0.05, 0) is 24.3 Å². The molecule has 1 radical (unpaired) electrons. The van der Waals surface area contributed by atoms with E-state index in [1.807, 2.05) is 0 Å². The number of hydrogen-bond donors (Lipinski definition) is 0. The van der Waals surface area contributed by atoms with E-state index in [-0.39, 0.29) is 17.1 Å². The van der Waals surface area contributed by atoms with Crippen LogP contribution in [0, 0.1) is 55.4 Å². The van der Waals surface area contributed by atoms with E-state index in [1.165, 1.54) is 45.6 Å². The first-order valence-corrected chi connectivity index (χ1v) is 20.6. The van der Waals surface area contributed by atoms with Crippen molar-refractivity contribution in [3.05, 3.63) is 92.6 Å². The SMILES string of the molecule is Cc1c(C)[n+](C)c(-c2c3nc(c(-c4n(C)c(C)c(C)[n+]4C)c4ccc([n-]4)c(-c4n(C)c(C)c(C)[n+]4C)c4nc(c(-c5n(C)c(C)c(C)[n+]5C)c5ccc2[n-]5)C=C4)C=C3)n1C.[Mn+2]. The van der Waals surface area contributed by atoms with Gasteiger partial charge in [-0.15, -0.1) is 22.1 Å². The molecule has 0 spiro atoms. The maximum Gasteiger partial charge on any atom is 2.00 e. The molecule has 7 aromatic heterocycles. The third-order valence-electron chi connectivity index (χ3n) is 14.2. The molecule has 0 unspecified atom stereocenters. The van der Waals surface area contributed by atoms with Crippen LogP contribution in [0.3, 0.4) is 0 Å². The summed E-state index contributed by atoms with van der Waals surface area (Å²) in [4.78, 5) is 22.3. The summed E-state index contributed by atoms with van der Waals surface area (Å²) in [6.45, 7) is 17.3. The van der Waals surface area contributed by atoms with Gasteiger partial charge in [-0.2, -0.15) is 0 Å². The van der Waals surface area contributed by atoms with E-state index in [4.69, 9.17) is 19.9 Å². The molecule has 13 heteroatoms. The van der Waals surface area contributed by atoms with E-state index < -0.39 is 0 Å². The van der Waals surface area contributed by atoms with Crippen LogP contribution in [0.25, 0.3) is 91.9 Å². The zero-order valence-corrected chi connectivity index (χ0v) is 39.5. The van der Waals surface area contributed by atoms with Crippen LogP contribution in [-0.2, 0) is 73.5 Å². The van der Waals surface area contributed by atoms with Gasteiger partial charge < -0.3 is 9.97 Å². The second kappa shape index (κ2) is 14.6. The van der Waals surface area contributed by atoms with Crippen LogP contribution in [0.15, 0.2) is 24.3 Å². The fourth-order valence-electron chi connectivity index (χ4n) is 9.46. The van der Waals surface area contributed by atoms with Crippen LogP contribution in [0.1, 0.15) is 68.3 Å². The molecule has 0 atom stereocenters. The number of hydrogen-bond acceptors (Lipinski definition) is 2. The summed E-state index contributed by atoms with van der Waals surface area (Å²) in [7, 11) is 17.0. The molecule has 0 aromatic carbocycles. The zero-order valence-electron chi connectivity index (χ0n) is 38.4. The summed E-state index contributed by atoms with van der Waals surface area (Å²) < 4.78 is 18.1. The standard InChI is InChI=1S/C48H56N12.Mn/c1-25-26(2)54(10)45(53(25)9)41-33-17-19-35(49-33)42(46-55(11)27(3)28(4)56(46)12)37-21-23-39(51-37)44(48-59(15)31(7)32(8)60(48)16)40-24-22-38(52-40)43(36-20-18-34(41)50-36)47-57(13)29(5)30(6)58(47)14;/h17-24H,1-16H3;/q2*+2. The Labute approximate surface area is 368 Å². The molecule has 61 heavy (non-hydrogen) atoms. The van der Waals surface area contributed by atoms with Crippen molar-refractivity contribution in [1.29, 1.82) is 0 Å². The number of imidazole rings is 4. The fraction of sp³-hybridized carbons (Fsp3) is 0.333. The number of fused-ring (bicyclic) bond motifs is 8. The van der Waals surface area contributed by atoms with Gasteiger partial charge in [0.25, 0.3) is 23.3 Å². The van der Waals surface area contributed by atoms with Crippen molar-refractivity contribution in [3.8, 4) is 45.6 Å². The van der Waals surface area contributed by atoms with Crippen LogP contribution in [0.4, 0.5) is 0 Å². The molecule has 0 aliphatic carbocycles. The molecule has 0 N–H and O–H groups in total. The van der Waals surface area contributed by atoms with Gasteiger partial charge in [0.2, 0.25) is 0 Å². The third kappa shape index (κ3) is 5.84. The fourth-order valence-corrected chi connectivity index (χ4v) is 9.46. The Morgan fingerprint density at radius 2 is 0.574 bits per heavy atom. The van der Waals surface area contributed by atoms with E-state index >= 15 is 0 Å². The second-order valence-corrected chi connectivity index (χ2v) is 16.8. The largest absolute Gasteiger partial charge is 2.00 e. The molecular weight excluding hydrogens is 800 g/mol. The molecule has 0 amide bonds. The molecule has 311 valence electrons. The summed E-state index contributed by atoms with van der Waals surface area (Å²) in [5, 5.41) is 0. The molecular formula is C48H56MnN12+4. The number of rotatable bonds is 4. The Morgan fingerprint density at radius 1 is 0.377 bits per heavy atom. The van der Waals surface area contributed by atoms with Gasteiger partial charge in [-0.25, -0.2) is 46.5 Å². The quantitative estimate of drug-likeness (QED) is 0.168. The summed E-state index contributed by atoms with van der Waals surface area (Å²) >= 11 is 0. The van der Waals surface area contributed by atoms with Crippen molar-refractivity contribution in [3.63, 3.8) is 0 Å². The molecule has 8 bridgehead atoms. The van der Waals surface area contributed by atoms with Gasteiger partial charge in [0.15, 0.2) is 0 Å². The minimum absolute atomic E-state index is 0. The molecule has 7 aromatic rings. The van der Waals surface area contributed by atoms with Crippen LogP contribution in [0.2, 0.25) is 0 Å². The minimum Gasteiger partial charge on any atom is -0.656 e. The van der Waals surface area contributed by atoms with Gasteiger partial charge in [-0.3, -0.25) is 0 Å². The van der Waals surface area contributed by atoms with Crippen molar-refractivity contribution >= 4 is 46.4 Å². The van der Waals surface area contributed by atoms with Crippen molar-refractivity contribution < 1.29 is 35.3 Å². The van der Waals surface area contributed by atoms with Gasteiger partial charge in [0, 0.05) is 55.4 Å². The second-order valence-electron chi connectivity index (χ2n) is 16.8. The maximum atomic E-state index is 5.57. The van der Waals surface area contributed by atoms with Crippen LogP contribution < -0.4 is 28.2 Å². The minimum atomic E-state index is 0. The molecule has 9 heterocycles. The first-order chi connectivity index (χ1) is 28.4. The Hall–Kier alpha value is -6.04. The number of nitrogens with zero attached hydrogens (tertiary/aromatic N) is 12. The van der Waals surface area contributed by atoms with Gasteiger partial charge in [0.05, 0.1) is 101 Å². The average Bonchev–Trinajstić information content (AvgIpc) is 4.13. The van der Waals surface area contributed by atoms with Crippen molar-refractivity contribution in [2.24, 2.45) is 56.4 Å². The van der Waals surface area contributed by atoms with Crippen LogP contribution in [0.5, 0.6) is 0 Å². The molecule has 0 fully saturated rings. The molecule has 0 saturated heterocycles. The van der Waals surface area contributed by atoms with E-state index in [0.29, 0.717) is 0 Å². The van der Waals surface area contributed by atoms with E-state index in [1.54, 1.807) is 0 Å². The molecule has 0 saturated carbocycles. The molecule has 2 aliphatic rings. The Balaban J connectivity index is 0.00000514. The zero-order chi connectivity index (χ0) is 43.0. The van der Waals surface area contributed by atoms with Gasteiger partial charge >= 0.3 is 17.1 Å². The van der Waals surface area contributed by atoms with E-state index in [2.05, 4.69) is 197 Å². The summed E-state index contributed by atoms with van der Waals surface area (Å²) in [6.07, 6.45) is 8.59. The Morgan fingerprint density at radius 3 is 0.738 bits per heavy atom. The predicted molar refractivity (Wildman–Crippen MR) is 237 cm³/mol. The summed E-state index contributed by atoms with van der Waals surface area (Å²) in [5.41, 5.74) is 20.0. The van der Waals surface area contributed by atoms with Crippen molar-refractivity contribution in [2.75, 3.05) is 0 Å². The molecule has 9 rings (SSSR count). The monoisotopic (exact) mass is 855 g/mol. The maximum absolute atomic E-state index is 5.57. The van der Waals surface area contributed by atoms with Crippen LogP contribution >= 0.6 is 0 Å². The molecule has 12 nitrogen and oxygen atoms in total. The smallest absolute Gasteiger partial charge is 0.656 e. The van der Waals surface area contributed by atoms with Crippen LogP contribution in [-0.4, -0.2) is 28.2 Å². The Kier molecular flexibility index (Phi) is 9.95.